The zero-order chi connectivity index (χ0) is 12.2. The number of hydrogen-bond donors (Lipinski definition) is 2. The Hall–Kier alpha value is -1.31. The van der Waals surface area contributed by atoms with Gasteiger partial charge < -0.3 is 10.6 Å². The minimum Gasteiger partial charge on any atom is -0.329 e. The van der Waals surface area contributed by atoms with Crippen molar-refractivity contribution < 1.29 is 18.0 Å². The summed E-state index contributed by atoms with van der Waals surface area (Å²) in [5.41, 5.74) is 0. The van der Waals surface area contributed by atoms with Crippen molar-refractivity contribution in [2.45, 2.75) is 19.1 Å². The van der Waals surface area contributed by atoms with Crippen LogP contribution >= 0.6 is 11.3 Å². The second-order valence-corrected chi connectivity index (χ2v) is 3.96. The Morgan fingerprint density at radius 2 is 2.31 bits per heavy atom. The second kappa shape index (κ2) is 5.15. The van der Waals surface area contributed by atoms with Crippen molar-refractivity contribution in [3.05, 3.63) is 16.6 Å². The van der Waals surface area contributed by atoms with E-state index in [9.17, 15) is 18.0 Å². The average Bonchev–Trinajstić information content (AvgIpc) is 2.66. The summed E-state index contributed by atoms with van der Waals surface area (Å²) in [6.07, 6.45) is -2.84. The van der Waals surface area contributed by atoms with Gasteiger partial charge in [0.25, 0.3) is 0 Å². The highest BCUT2D eigenvalue weighted by Gasteiger charge is 2.27. The van der Waals surface area contributed by atoms with Crippen molar-refractivity contribution in [1.29, 1.82) is 0 Å². The number of rotatable bonds is 3. The number of alkyl halides is 3. The largest absolute Gasteiger partial charge is 0.405 e. The van der Waals surface area contributed by atoms with Gasteiger partial charge in [-0.1, -0.05) is 0 Å². The Bertz CT molecular complexity index is 339. The van der Waals surface area contributed by atoms with Gasteiger partial charge in [-0.05, 0) is 6.92 Å². The number of hydrogen-bond acceptors (Lipinski definition) is 3. The molecule has 16 heavy (non-hydrogen) atoms. The predicted molar refractivity (Wildman–Crippen MR) is 53.1 cm³/mol. The highest BCUT2D eigenvalue weighted by atomic mass is 32.1. The first-order valence-electron chi connectivity index (χ1n) is 4.39. The molecule has 0 aromatic carbocycles. The Morgan fingerprint density at radius 1 is 1.62 bits per heavy atom. The number of urea groups is 1. The van der Waals surface area contributed by atoms with E-state index in [1.165, 1.54) is 11.3 Å². The van der Waals surface area contributed by atoms with E-state index >= 15 is 0 Å². The van der Waals surface area contributed by atoms with E-state index in [4.69, 9.17) is 0 Å². The van der Waals surface area contributed by atoms with E-state index in [-0.39, 0.29) is 0 Å². The summed E-state index contributed by atoms with van der Waals surface area (Å²) in [6, 6.07) is -1.27. The van der Waals surface area contributed by atoms with E-state index in [0.717, 1.165) is 0 Å². The Morgan fingerprint density at radius 3 is 2.81 bits per heavy atom. The molecule has 0 spiro atoms. The number of carbonyl (C=O) groups is 1. The number of aromatic nitrogens is 1. The maximum Gasteiger partial charge on any atom is 0.405 e. The highest BCUT2D eigenvalue weighted by Crippen LogP contribution is 2.15. The average molecular weight is 253 g/mol. The molecule has 1 unspecified atom stereocenters. The van der Waals surface area contributed by atoms with Crippen molar-refractivity contribution in [2.75, 3.05) is 6.54 Å². The van der Waals surface area contributed by atoms with E-state index in [1.807, 2.05) is 0 Å². The maximum absolute atomic E-state index is 11.8. The zero-order valence-electron chi connectivity index (χ0n) is 8.34. The summed E-state index contributed by atoms with van der Waals surface area (Å²) in [5, 5.41) is 6.43. The quantitative estimate of drug-likeness (QED) is 0.866. The molecule has 0 aliphatic carbocycles. The van der Waals surface area contributed by atoms with E-state index in [2.05, 4.69) is 10.3 Å². The SMILES string of the molecule is CC(NC(=O)NCC(F)(F)F)c1nccs1. The molecular weight excluding hydrogens is 243 g/mol. The van der Waals surface area contributed by atoms with Crippen LogP contribution in [0.25, 0.3) is 0 Å². The Labute approximate surface area is 93.9 Å². The fourth-order valence-corrected chi connectivity index (χ4v) is 1.58. The van der Waals surface area contributed by atoms with E-state index in [0.29, 0.717) is 5.01 Å². The fourth-order valence-electron chi connectivity index (χ4n) is 0.938. The van der Waals surface area contributed by atoms with Crippen molar-refractivity contribution in [1.82, 2.24) is 15.6 Å². The molecule has 0 saturated heterocycles. The van der Waals surface area contributed by atoms with Crippen LogP contribution in [0.1, 0.15) is 18.0 Å². The summed E-state index contributed by atoms with van der Waals surface area (Å²) >= 11 is 1.32. The van der Waals surface area contributed by atoms with Gasteiger partial charge in [0, 0.05) is 11.6 Å². The third kappa shape index (κ3) is 4.47. The first kappa shape index (κ1) is 12.8. The lowest BCUT2D eigenvalue weighted by Gasteiger charge is -2.13. The third-order valence-electron chi connectivity index (χ3n) is 1.62. The lowest BCUT2D eigenvalue weighted by Crippen LogP contribution is -2.41. The molecule has 0 fully saturated rings. The van der Waals surface area contributed by atoms with Crippen LogP contribution in [-0.4, -0.2) is 23.7 Å². The van der Waals surface area contributed by atoms with Crippen LogP contribution in [0.3, 0.4) is 0 Å². The first-order valence-corrected chi connectivity index (χ1v) is 5.27. The Kier molecular flexibility index (Phi) is 4.11. The normalized spacial score (nSPS) is 13.2. The molecular formula is C8H10F3N3OS. The molecule has 1 heterocycles. The van der Waals surface area contributed by atoms with Crippen LogP contribution in [0.4, 0.5) is 18.0 Å². The maximum atomic E-state index is 11.8. The number of nitrogens with one attached hydrogen (secondary N) is 2. The number of halogens is 3. The fraction of sp³-hybridized carbons (Fsp3) is 0.500. The molecule has 1 aromatic heterocycles. The minimum absolute atomic E-state index is 0.409. The van der Waals surface area contributed by atoms with Gasteiger partial charge in [0.05, 0.1) is 6.04 Å². The molecule has 8 heteroatoms. The smallest absolute Gasteiger partial charge is 0.329 e. The van der Waals surface area contributed by atoms with Crippen molar-refractivity contribution >= 4 is 17.4 Å². The summed E-state index contributed by atoms with van der Waals surface area (Å²) in [7, 11) is 0. The minimum atomic E-state index is -4.40. The number of nitrogens with zero attached hydrogens (tertiary/aromatic N) is 1. The molecule has 0 bridgehead atoms. The first-order chi connectivity index (χ1) is 7.38. The van der Waals surface area contributed by atoms with Crippen molar-refractivity contribution in [2.24, 2.45) is 0 Å². The van der Waals surface area contributed by atoms with Gasteiger partial charge in [-0.15, -0.1) is 11.3 Å². The molecule has 1 aromatic rings. The van der Waals surface area contributed by atoms with Crippen LogP contribution in [0.2, 0.25) is 0 Å². The monoisotopic (exact) mass is 253 g/mol. The summed E-state index contributed by atoms with van der Waals surface area (Å²) in [4.78, 5) is 15.0. The topological polar surface area (TPSA) is 54.0 Å². The van der Waals surface area contributed by atoms with Gasteiger partial charge >= 0.3 is 12.2 Å². The molecule has 2 amide bonds. The molecule has 2 N–H and O–H groups in total. The predicted octanol–water partition coefficient (Wildman–Crippen LogP) is 2.07. The van der Waals surface area contributed by atoms with Crippen molar-refractivity contribution in [3.63, 3.8) is 0 Å². The summed E-state index contributed by atoms with van der Waals surface area (Å²) in [5.74, 6) is 0. The molecule has 0 aliphatic rings. The van der Waals surface area contributed by atoms with Gasteiger partial charge in [0.2, 0.25) is 0 Å². The lowest BCUT2D eigenvalue weighted by atomic mass is 10.4. The molecule has 90 valence electrons. The Balaban J connectivity index is 2.35. The van der Waals surface area contributed by atoms with Gasteiger partial charge in [0.1, 0.15) is 11.6 Å². The van der Waals surface area contributed by atoms with Crippen LogP contribution in [0.15, 0.2) is 11.6 Å². The van der Waals surface area contributed by atoms with E-state index < -0.39 is 24.8 Å². The molecule has 0 aliphatic heterocycles. The van der Waals surface area contributed by atoms with Gasteiger partial charge in [0.15, 0.2) is 0 Å². The molecule has 1 atom stereocenters. The van der Waals surface area contributed by atoms with Gasteiger partial charge in [-0.2, -0.15) is 13.2 Å². The molecule has 4 nitrogen and oxygen atoms in total. The van der Waals surface area contributed by atoms with Gasteiger partial charge in [-0.3, -0.25) is 0 Å². The number of carbonyl (C=O) groups excluding carboxylic acids is 1. The molecule has 0 radical (unpaired) electrons. The number of thiazole rings is 1. The summed E-state index contributed by atoms with van der Waals surface area (Å²) < 4.78 is 35.3. The molecule has 1 rings (SSSR count). The highest BCUT2D eigenvalue weighted by molar-refractivity contribution is 7.09. The molecule has 0 saturated carbocycles. The standard InChI is InChI=1S/C8H10F3N3OS/c1-5(6-12-2-3-16-6)14-7(15)13-4-8(9,10)11/h2-3,5H,4H2,1H3,(H2,13,14,15). The van der Waals surface area contributed by atoms with Crippen LogP contribution in [0.5, 0.6) is 0 Å². The summed E-state index contributed by atoms with van der Waals surface area (Å²) in [6.45, 7) is 0.301. The number of amides is 2. The third-order valence-corrected chi connectivity index (χ3v) is 2.58. The zero-order valence-corrected chi connectivity index (χ0v) is 9.15. The van der Waals surface area contributed by atoms with Crippen LogP contribution < -0.4 is 10.6 Å². The van der Waals surface area contributed by atoms with Crippen molar-refractivity contribution in [3.8, 4) is 0 Å². The lowest BCUT2D eigenvalue weighted by molar-refractivity contribution is -0.122. The van der Waals surface area contributed by atoms with Crippen LogP contribution in [0, 0.1) is 0 Å². The van der Waals surface area contributed by atoms with Crippen LogP contribution in [-0.2, 0) is 0 Å². The van der Waals surface area contributed by atoms with Gasteiger partial charge in [-0.25, -0.2) is 9.78 Å². The second-order valence-electron chi connectivity index (χ2n) is 3.03. The van der Waals surface area contributed by atoms with E-state index in [1.54, 1.807) is 23.8 Å².